The average molecular weight is 385 g/mol. The number of nitrogens with zero attached hydrogens (tertiary/aromatic N) is 1. The van der Waals surface area contributed by atoms with Crippen molar-refractivity contribution >= 4 is 17.8 Å². The zero-order valence-corrected chi connectivity index (χ0v) is 16.6. The van der Waals surface area contributed by atoms with E-state index in [1.165, 1.54) is 0 Å². The van der Waals surface area contributed by atoms with Gasteiger partial charge in [-0.2, -0.15) is 0 Å². The topological polar surface area (TPSA) is 118 Å². The lowest BCUT2D eigenvalue weighted by atomic mass is 9.99. The summed E-state index contributed by atoms with van der Waals surface area (Å²) in [5.74, 6) is -1.13. The molecule has 0 bridgehead atoms. The normalized spacial score (nSPS) is 12.7. The predicted molar refractivity (Wildman–Crippen MR) is 107 cm³/mol. The summed E-state index contributed by atoms with van der Waals surface area (Å²) in [5, 5.41) is 2.40. The van der Waals surface area contributed by atoms with Crippen molar-refractivity contribution in [3.8, 4) is 5.69 Å². The van der Waals surface area contributed by atoms with Crippen LogP contribution in [0.2, 0.25) is 0 Å². The number of carbonyl (C=O) groups is 3. The third-order valence-corrected chi connectivity index (χ3v) is 4.75. The molecule has 0 aliphatic heterocycles. The van der Waals surface area contributed by atoms with Crippen LogP contribution in [0.3, 0.4) is 0 Å². The fraction of sp³-hybridized carbons (Fsp3) is 0.350. The van der Waals surface area contributed by atoms with Gasteiger partial charge >= 0.3 is 6.03 Å². The molecular weight excluding hydrogens is 358 g/mol. The van der Waals surface area contributed by atoms with Gasteiger partial charge in [-0.25, -0.2) is 4.79 Å². The van der Waals surface area contributed by atoms with Crippen molar-refractivity contribution in [3.63, 3.8) is 0 Å². The lowest BCUT2D eigenvalue weighted by molar-refractivity contribution is -0.124. The van der Waals surface area contributed by atoms with E-state index in [1.807, 2.05) is 52.0 Å². The third-order valence-electron chi connectivity index (χ3n) is 4.75. The molecule has 0 aliphatic rings. The number of aromatic nitrogens is 1. The number of hydrogen-bond acceptors (Lipinski definition) is 3. The van der Waals surface area contributed by atoms with Gasteiger partial charge in [-0.15, -0.1) is 0 Å². The Kier molecular flexibility index (Phi) is 6.81. The fourth-order valence-electron chi connectivity index (χ4n) is 2.96. The van der Waals surface area contributed by atoms with E-state index in [0.29, 0.717) is 12.0 Å². The number of aryl methyl sites for hydroxylation is 2. The molecule has 2 unspecified atom stereocenters. The first-order valence-corrected chi connectivity index (χ1v) is 9.16. The van der Waals surface area contributed by atoms with Crippen molar-refractivity contribution in [1.82, 2.24) is 20.7 Å². The van der Waals surface area contributed by atoms with Gasteiger partial charge < -0.3 is 15.6 Å². The zero-order chi connectivity index (χ0) is 20.8. The van der Waals surface area contributed by atoms with E-state index in [0.717, 1.165) is 17.1 Å². The lowest BCUT2D eigenvalue weighted by Gasteiger charge is -2.22. The maximum absolute atomic E-state index is 12.3. The van der Waals surface area contributed by atoms with Crippen molar-refractivity contribution in [1.29, 1.82) is 0 Å². The van der Waals surface area contributed by atoms with Crippen molar-refractivity contribution in [3.05, 3.63) is 53.3 Å². The number of nitrogens with one attached hydrogen (secondary N) is 3. The first-order chi connectivity index (χ1) is 13.2. The number of primary amides is 1. The van der Waals surface area contributed by atoms with Crippen LogP contribution in [-0.4, -0.2) is 28.5 Å². The molecule has 0 radical (unpaired) electrons. The van der Waals surface area contributed by atoms with Gasteiger partial charge in [0.15, 0.2) is 0 Å². The number of rotatable bonds is 6. The monoisotopic (exact) mass is 385 g/mol. The molecule has 5 N–H and O–H groups in total. The summed E-state index contributed by atoms with van der Waals surface area (Å²) < 4.78 is 2.08. The molecule has 8 nitrogen and oxygen atoms in total. The number of urea groups is 1. The van der Waals surface area contributed by atoms with Crippen LogP contribution < -0.4 is 21.9 Å². The quantitative estimate of drug-likeness (QED) is 0.569. The molecule has 150 valence electrons. The SMILES string of the molecule is CCC(C)C(NC(N)=O)C(=O)NNC(=O)c1ccc(-n2c(C)ccc2C)cc1. The molecule has 2 rings (SSSR count). The Balaban J connectivity index is 2.02. The molecule has 0 saturated heterocycles. The van der Waals surface area contributed by atoms with Crippen molar-refractivity contribution in [2.45, 2.75) is 40.2 Å². The minimum Gasteiger partial charge on any atom is -0.352 e. The first-order valence-electron chi connectivity index (χ1n) is 9.16. The van der Waals surface area contributed by atoms with Gasteiger partial charge in [0.05, 0.1) is 0 Å². The van der Waals surface area contributed by atoms with E-state index < -0.39 is 23.9 Å². The summed E-state index contributed by atoms with van der Waals surface area (Å²) in [5.41, 5.74) is 13.4. The molecule has 0 aliphatic carbocycles. The van der Waals surface area contributed by atoms with Gasteiger partial charge in [0, 0.05) is 22.6 Å². The van der Waals surface area contributed by atoms with Gasteiger partial charge in [0.2, 0.25) is 0 Å². The molecule has 2 aromatic rings. The second-order valence-corrected chi connectivity index (χ2v) is 6.81. The van der Waals surface area contributed by atoms with E-state index in [1.54, 1.807) is 12.1 Å². The zero-order valence-electron chi connectivity index (χ0n) is 16.6. The Morgan fingerprint density at radius 3 is 2.07 bits per heavy atom. The molecule has 0 spiro atoms. The summed E-state index contributed by atoms with van der Waals surface area (Å²) in [4.78, 5) is 35.7. The smallest absolute Gasteiger partial charge is 0.312 e. The molecule has 2 atom stereocenters. The van der Waals surface area contributed by atoms with E-state index in [-0.39, 0.29) is 5.92 Å². The van der Waals surface area contributed by atoms with Crippen molar-refractivity contribution in [2.75, 3.05) is 0 Å². The van der Waals surface area contributed by atoms with Gasteiger partial charge in [-0.05, 0) is 56.2 Å². The molecule has 4 amide bonds. The Hall–Kier alpha value is -3.29. The fourth-order valence-corrected chi connectivity index (χ4v) is 2.96. The number of hydrogen-bond donors (Lipinski definition) is 4. The third kappa shape index (κ3) is 4.91. The van der Waals surface area contributed by atoms with Gasteiger partial charge in [0.1, 0.15) is 6.04 Å². The maximum Gasteiger partial charge on any atom is 0.312 e. The lowest BCUT2D eigenvalue weighted by Crippen LogP contribution is -2.55. The van der Waals surface area contributed by atoms with Crippen LogP contribution in [0.25, 0.3) is 5.69 Å². The number of amides is 4. The first kappa shape index (κ1) is 21.0. The molecule has 28 heavy (non-hydrogen) atoms. The Morgan fingerprint density at radius 1 is 1.00 bits per heavy atom. The van der Waals surface area contributed by atoms with E-state index in [9.17, 15) is 14.4 Å². The second-order valence-electron chi connectivity index (χ2n) is 6.81. The van der Waals surface area contributed by atoms with Crippen LogP contribution in [-0.2, 0) is 4.79 Å². The van der Waals surface area contributed by atoms with Gasteiger partial charge in [0.25, 0.3) is 11.8 Å². The molecule has 1 heterocycles. The molecule has 0 saturated carbocycles. The maximum atomic E-state index is 12.3. The summed E-state index contributed by atoms with van der Waals surface area (Å²) in [6, 6.07) is 9.48. The Labute approximate surface area is 164 Å². The number of carbonyl (C=O) groups excluding carboxylic acids is 3. The van der Waals surface area contributed by atoms with E-state index in [2.05, 4.69) is 20.7 Å². The molecular formula is C20H27N5O3. The predicted octanol–water partition coefficient (Wildman–Crippen LogP) is 1.94. The summed E-state index contributed by atoms with van der Waals surface area (Å²) in [6.45, 7) is 7.72. The summed E-state index contributed by atoms with van der Waals surface area (Å²) in [6.07, 6.45) is 0.659. The highest BCUT2D eigenvalue weighted by Gasteiger charge is 2.25. The van der Waals surface area contributed by atoms with Crippen LogP contribution >= 0.6 is 0 Å². The minimum absolute atomic E-state index is 0.142. The molecule has 0 fully saturated rings. The highest BCUT2D eigenvalue weighted by atomic mass is 16.2. The van der Waals surface area contributed by atoms with E-state index in [4.69, 9.17) is 5.73 Å². The highest BCUT2D eigenvalue weighted by molar-refractivity contribution is 5.96. The van der Waals surface area contributed by atoms with Crippen LogP contribution in [0, 0.1) is 19.8 Å². The average Bonchev–Trinajstić information content (AvgIpc) is 3.01. The largest absolute Gasteiger partial charge is 0.352 e. The van der Waals surface area contributed by atoms with Crippen LogP contribution in [0.15, 0.2) is 36.4 Å². The summed E-state index contributed by atoms with van der Waals surface area (Å²) >= 11 is 0. The number of hydrazine groups is 1. The van der Waals surface area contributed by atoms with Crippen molar-refractivity contribution < 1.29 is 14.4 Å². The standard InChI is InChI=1S/C20H27N5O3/c1-5-12(2)17(22-20(21)28)19(27)24-23-18(26)15-8-10-16(11-9-15)25-13(3)6-7-14(25)4/h6-12,17H,5H2,1-4H3,(H,23,26)(H,24,27)(H3,21,22,28). The molecule has 8 heteroatoms. The second kappa shape index (κ2) is 9.07. The molecule has 1 aromatic carbocycles. The van der Waals surface area contributed by atoms with Crippen LogP contribution in [0.1, 0.15) is 42.0 Å². The van der Waals surface area contributed by atoms with Crippen LogP contribution in [0.5, 0.6) is 0 Å². The van der Waals surface area contributed by atoms with Crippen molar-refractivity contribution in [2.24, 2.45) is 11.7 Å². The Bertz CT molecular complexity index is 838. The summed E-state index contributed by atoms with van der Waals surface area (Å²) in [7, 11) is 0. The Morgan fingerprint density at radius 2 is 1.57 bits per heavy atom. The van der Waals surface area contributed by atoms with Gasteiger partial charge in [-0.3, -0.25) is 20.4 Å². The minimum atomic E-state index is -0.829. The van der Waals surface area contributed by atoms with Gasteiger partial charge in [-0.1, -0.05) is 20.3 Å². The number of benzene rings is 1. The number of nitrogens with two attached hydrogens (primary N) is 1. The van der Waals surface area contributed by atoms with Crippen LogP contribution in [0.4, 0.5) is 4.79 Å². The van der Waals surface area contributed by atoms with E-state index >= 15 is 0 Å². The molecule has 1 aromatic heterocycles. The highest BCUT2D eigenvalue weighted by Crippen LogP contribution is 2.16.